The van der Waals surface area contributed by atoms with Crippen molar-refractivity contribution in [2.45, 2.75) is 188 Å². The molecule has 6 N–H and O–H groups in total. The molecule has 17 heteroatoms. The molecule has 15 nitrogen and oxygen atoms in total. The summed E-state index contributed by atoms with van der Waals surface area (Å²) in [6.07, 6.45) is 15.7. The number of hydrogen-bond acceptors (Lipinski definition) is 10. The smallest absolute Gasteiger partial charge is 0.326 e. The Bertz CT molecular complexity index is 1980. The summed E-state index contributed by atoms with van der Waals surface area (Å²) in [5.41, 5.74) is 1.90. The molecule has 1 aliphatic carbocycles. The number of H-pyrrole nitrogens is 1. The van der Waals surface area contributed by atoms with Gasteiger partial charge in [-0.25, -0.2) is 14.6 Å². The monoisotopic (exact) mass is 976 g/mol. The van der Waals surface area contributed by atoms with E-state index >= 15 is 0 Å². The molecule has 1 saturated carbocycles. The first-order chi connectivity index (χ1) is 31.8. The number of ether oxygens (including phenoxy) is 1. The van der Waals surface area contributed by atoms with Crippen molar-refractivity contribution in [1.29, 1.82) is 0 Å². The molecule has 4 amide bonds. The second-order valence-corrected chi connectivity index (χ2v) is 21.4. The Kier molecular flexibility index (Phi) is 29.1. The summed E-state index contributed by atoms with van der Waals surface area (Å²) in [7, 11) is 0.668. The van der Waals surface area contributed by atoms with Crippen molar-refractivity contribution in [1.82, 2.24) is 30.8 Å². The van der Waals surface area contributed by atoms with Crippen molar-refractivity contribution in [3.63, 3.8) is 0 Å². The summed E-state index contributed by atoms with van der Waals surface area (Å²) in [6.45, 7) is 23.7. The van der Waals surface area contributed by atoms with Crippen LogP contribution in [0.15, 0.2) is 34.4 Å². The quantitative estimate of drug-likeness (QED) is 0.0494. The van der Waals surface area contributed by atoms with Crippen LogP contribution in [-0.4, -0.2) is 103 Å². The first-order valence-corrected chi connectivity index (χ1v) is 26.5. The van der Waals surface area contributed by atoms with Gasteiger partial charge in [0.15, 0.2) is 10.6 Å². The summed E-state index contributed by atoms with van der Waals surface area (Å²) < 4.78 is 17.4. The number of unbranched alkanes of at least 4 members (excludes halogenated alkanes) is 4. The van der Waals surface area contributed by atoms with Crippen LogP contribution in [0.3, 0.4) is 0 Å². The van der Waals surface area contributed by atoms with E-state index in [1.807, 2.05) is 64.8 Å². The number of carbonyl (C=O) groups is 4. The van der Waals surface area contributed by atoms with E-state index in [1.54, 1.807) is 25.3 Å². The number of nitrogens with one attached hydrogen (secondary N) is 5. The van der Waals surface area contributed by atoms with Gasteiger partial charge in [0.2, 0.25) is 12.8 Å². The fraction of sp³-hybridized carbons (Fsp3) is 0.680. The van der Waals surface area contributed by atoms with Gasteiger partial charge in [-0.05, 0) is 98.6 Å². The van der Waals surface area contributed by atoms with Gasteiger partial charge in [-0.2, -0.15) is 0 Å². The van der Waals surface area contributed by atoms with E-state index in [-0.39, 0.29) is 27.7 Å². The molecule has 380 valence electrons. The molecule has 1 aromatic carbocycles. The van der Waals surface area contributed by atoms with E-state index in [0.717, 1.165) is 74.2 Å². The minimum atomic E-state index is -0.951. The number of anilines is 1. The number of nitrogens with zero attached hydrogens (tertiary/aromatic N) is 2. The molecule has 2 fully saturated rings. The number of hydrogen-bond donors (Lipinski definition) is 6. The highest BCUT2D eigenvalue weighted by Gasteiger charge is 2.38. The van der Waals surface area contributed by atoms with Crippen molar-refractivity contribution in [2.24, 2.45) is 5.92 Å². The van der Waals surface area contributed by atoms with Crippen molar-refractivity contribution in [2.75, 3.05) is 31.3 Å². The van der Waals surface area contributed by atoms with Gasteiger partial charge in [-0.3, -0.25) is 18.6 Å². The number of carboxylic acid groups (broad SMARTS) is 1. The molecular formula is C50H85N7O8S2. The molecule has 1 saturated heterocycles. The van der Waals surface area contributed by atoms with Crippen LogP contribution in [0.4, 0.5) is 9.93 Å². The van der Waals surface area contributed by atoms with Crippen LogP contribution in [0.1, 0.15) is 160 Å². The Morgan fingerprint density at radius 1 is 1.04 bits per heavy atom. The third kappa shape index (κ3) is 22.4. The molecule has 2 aromatic heterocycles. The van der Waals surface area contributed by atoms with E-state index in [9.17, 15) is 28.2 Å². The maximum Gasteiger partial charge on any atom is 0.326 e. The summed E-state index contributed by atoms with van der Waals surface area (Å²) in [5.74, 6) is 0.311. The topological polar surface area (TPSA) is 212 Å². The van der Waals surface area contributed by atoms with Crippen LogP contribution in [0.2, 0.25) is 0 Å². The minimum absolute atomic E-state index is 0.00988. The number of urea groups is 1. The van der Waals surface area contributed by atoms with Gasteiger partial charge in [-0.15, -0.1) is 11.3 Å². The zero-order chi connectivity index (χ0) is 50.6. The number of fused-ring (bicyclic) bond motifs is 1. The van der Waals surface area contributed by atoms with E-state index in [0.29, 0.717) is 47.6 Å². The van der Waals surface area contributed by atoms with Gasteiger partial charge in [-0.1, -0.05) is 79.1 Å². The zero-order valence-corrected chi connectivity index (χ0v) is 44.3. The minimum Gasteiger partial charge on any atom is -0.497 e. The van der Waals surface area contributed by atoms with Crippen LogP contribution in [0.25, 0.3) is 22.3 Å². The standard InChI is InChI=1S/C16H17N3O2S.C14H28N2O2S.C12H23NO3.C6H11NO.C2H6/c1-9(2)17-16-19-14(8-22-16)13-7-15(20)11-5-4-10(21-3)6-12(11)18-13;1-5-15-12(17)16-14(9-7-6-8-10-14)11-19(18)13(2,3)4;1-3-4-5-6-7-8-10(2)11(12(15)16)13-9-14;1-6-3-2-4-7(6)5-8;1-2/h4-9H,1-3H3,(H,17,19)(H,18,20);5-11H2,1-4H3,(H2,15,16,17);9-11H,3-8H2,1-2H3,(H,13,14)(H,15,16);5-6H,2-4H2,1H3;1-2H3/t;;;6-;/m...1./s1. The molecule has 0 bridgehead atoms. The van der Waals surface area contributed by atoms with Crippen molar-refractivity contribution >= 4 is 63.0 Å². The summed E-state index contributed by atoms with van der Waals surface area (Å²) in [4.78, 5) is 65.0. The van der Waals surface area contributed by atoms with Crippen LogP contribution in [0.5, 0.6) is 5.75 Å². The molecule has 0 radical (unpaired) electrons. The Labute approximate surface area is 407 Å². The van der Waals surface area contributed by atoms with Crippen molar-refractivity contribution in [3.8, 4) is 17.1 Å². The van der Waals surface area contributed by atoms with Gasteiger partial charge in [0, 0.05) is 69.4 Å². The first-order valence-electron chi connectivity index (χ1n) is 24.3. The summed E-state index contributed by atoms with van der Waals surface area (Å²) >= 11 is 1.52. The molecule has 67 heavy (non-hydrogen) atoms. The molecule has 5 rings (SSSR count). The van der Waals surface area contributed by atoms with Gasteiger partial charge in [0.05, 0.1) is 29.6 Å². The molecule has 1 aliphatic heterocycles. The number of aromatic nitrogens is 2. The number of carbonyl (C=O) groups excluding carboxylic acids is 3. The number of thiazole rings is 1. The Morgan fingerprint density at radius 2 is 1.72 bits per heavy atom. The maximum absolute atomic E-state index is 12.4. The number of methoxy groups -OCH3 is 1. The molecule has 0 spiro atoms. The highest BCUT2D eigenvalue weighted by atomic mass is 32.2. The molecule has 3 heterocycles. The molecule has 4 atom stereocenters. The second-order valence-electron chi connectivity index (χ2n) is 18.3. The Hall–Kier alpha value is -4.51. The average molecular weight is 976 g/mol. The number of amides is 4. The Morgan fingerprint density at radius 3 is 2.24 bits per heavy atom. The van der Waals surface area contributed by atoms with Crippen LogP contribution >= 0.6 is 11.3 Å². The number of benzene rings is 1. The third-order valence-corrected chi connectivity index (χ3v) is 14.4. The van der Waals surface area contributed by atoms with Crippen LogP contribution in [0, 0.1) is 5.92 Å². The SMILES string of the molecule is CC.CCCCCCCC(C)C(NC=O)C(=O)O.CCNC(=O)NC1(CS(=O)C(C)(C)C)CCCCC1.COc1ccc2c(=O)cc(-c3csc(NC(C)C)n3)[nH]c2c1.C[C@@H]1CCCN1C=O. The maximum atomic E-state index is 12.4. The zero-order valence-electron chi connectivity index (χ0n) is 42.7. The summed E-state index contributed by atoms with van der Waals surface area (Å²) in [6, 6.07) is 6.89. The molecule has 2 aliphatic rings. The average Bonchev–Trinajstić information content (AvgIpc) is 3.94. The lowest BCUT2D eigenvalue weighted by molar-refractivity contribution is -0.142. The third-order valence-electron chi connectivity index (χ3n) is 11.4. The summed E-state index contributed by atoms with van der Waals surface area (Å²) in [5, 5.41) is 23.8. The van der Waals surface area contributed by atoms with Crippen LogP contribution < -0.4 is 31.4 Å². The van der Waals surface area contributed by atoms with Gasteiger partial charge >= 0.3 is 12.0 Å². The largest absolute Gasteiger partial charge is 0.497 e. The number of rotatable bonds is 19. The van der Waals surface area contributed by atoms with E-state index in [1.165, 1.54) is 49.9 Å². The first kappa shape index (κ1) is 60.5. The number of pyridine rings is 1. The molecule has 3 unspecified atom stereocenters. The van der Waals surface area contributed by atoms with E-state index in [2.05, 4.69) is 58.9 Å². The normalized spacial score (nSPS) is 16.4. The van der Waals surface area contributed by atoms with E-state index in [4.69, 9.17) is 9.84 Å². The number of likely N-dealkylation sites (tertiary alicyclic amines) is 1. The lowest BCUT2D eigenvalue weighted by atomic mass is 9.83. The van der Waals surface area contributed by atoms with Gasteiger partial charge in [0.25, 0.3) is 0 Å². The van der Waals surface area contributed by atoms with Crippen molar-refractivity contribution < 1.29 is 33.2 Å². The lowest BCUT2D eigenvalue weighted by Crippen LogP contribution is -2.57. The fourth-order valence-corrected chi connectivity index (χ4v) is 9.71. The predicted molar refractivity (Wildman–Crippen MR) is 278 cm³/mol. The predicted octanol–water partition coefficient (Wildman–Crippen LogP) is 9.87. The van der Waals surface area contributed by atoms with Gasteiger partial charge < -0.3 is 41.0 Å². The molecule has 3 aromatic rings. The molecular weight excluding hydrogens is 891 g/mol. The Balaban J connectivity index is 0.000000460. The number of aromatic amines is 1. The van der Waals surface area contributed by atoms with E-state index < -0.39 is 22.8 Å². The van der Waals surface area contributed by atoms with Crippen LogP contribution in [-0.2, 0) is 25.2 Å². The van der Waals surface area contributed by atoms with Gasteiger partial charge in [0.1, 0.15) is 11.8 Å². The highest BCUT2D eigenvalue weighted by Crippen LogP contribution is 2.31. The fourth-order valence-electron chi connectivity index (χ4n) is 7.56. The van der Waals surface area contributed by atoms with Crippen molar-refractivity contribution in [3.05, 3.63) is 39.9 Å². The number of aliphatic carboxylic acids is 1. The number of carboxylic acids is 1. The lowest BCUT2D eigenvalue weighted by Gasteiger charge is -2.39. The second kappa shape index (κ2) is 32.3. The highest BCUT2D eigenvalue weighted by molar-refractivity contribution is 7.86.